The predicted molar refractivity (Wildman–Crippen MR) is 111 cm³/mol. The summed E-state index contributed by atoms with van der Waals surface area (Å²) in [5, 5.41) is 5.33. The zero-order chi connectivity index (χ0) is 20.4. The summed E-state index contributed by atoms with van der Waals surface area (Å²) < 4.78 is 29.2. The van der Waals surface area contributed by atoms with Gasteiger partial charge in [0.2, 0.25) is 10.0 Å². The number of hydrogen-bond donors (Lipinski definition) is 1. The molecule has 3 aliphatic rings. The molecule has 160 valence electrons. The van der Waals surface area contributed by atoms with E-state index in [1.807, 2.05) is 4.90 Å². The fourth-order valence-electron chi connectivity index (χ4n) is 4.67. The maximum atomic E-state index is 13.4. The maximum absolute atomic E-state index is 13.4. The molecule has 3 fully saturated rings. The van der Waals surface area contributed by atoms with E-state index < -0.39 is 10.0 Å². The molecule has 0 aromatic heterocycles. The van der Waals surface area contributed by atoms with Crippen LogP contribution in [0.3, 0.4) is 0 Å². The van der Waals surface area contributed by atoms with Crippen molar-refractivity contribution in [3.05, 3.63) is 23.8 Å². The van der Waals surface area contributed by atoms with Crippen LogP contribution in [0.15, 0.2) is 23.1 Å². The minimum atomic E-state index is -3.88. The largest absolute Gasteiger partial charge is 0.378 e. The van der Waals surface area contributed by atoms with Gasteiger partial charge in [0, 0.05) is 51.0 Å². The van der Waals surface area contributed by atoms with E-state index in [1.165, 1.54) is 37.8 Å². The lowest BCUT2D eigenvalue weighted by Crippen LogP contribution is -2.51. The number of piperazine rings is 1. The molecule has 2 saturated heterocycles. The van der Waals surface area contributed by atoms with Gasteiger partial charge in [-0.1, -0.05) is 12.8 Å². The molecular formula is C20H30N4O4S. The highest BCUT2D eigenvalue weighted by Gasteiger charge is 2.30. The van der Waals surface area contributed by atoms with E-state index in [4.69, 9.17) is 9.88 Å². The van der Waals surface area contributed by atoms with Crippen LogP contribution in [-0.4, -0.2) is 82.6 Å². The molecule has 1 saturated carbocycles. The van der Waals surface area contributed by atoms with Crippen molar-refractivity contribution in [1.82, 2.24) is 9.80 Å². The third-order valence-electron chi connectivity index (χ3n) is 6.32. The first-order valence-corrected chi connectivity index (χ1v) is 12.0. The number of sulfonamides is 1. The van der Waals surface area contributed by atoms with Gasteiger partial charge in [0.05, 0.1) is 23.7 Å². The average Bonchev–Trinajstić information content (AvgIpc) is 3.28. The Balaban J connectivity index is 1.55. The smallest absolute Gasteiger partial charge is 0.256 e. The van der Waals surface area contributed by atoms with Gasteiger partial charge in [-0.05, 0) is 31.0 Å². The van der Waals surface area contributed by atoms with E-state index >= 15 is 0 Å². The summed E-state index contributed by atoms with van der Waals surface area (Å²) in [5.74, 6) is -0.122. The summed E-state index contributed by atoms with van der Waals surface area (Å²) in [4.78, 5) is 19.8. The quantitative estimate of drug-likeness (QED) is 0.774. The van der Waals surface area contributed by atoms with E-state index in [0.29, 0.717) is 51.0 Å². The highest BCUT2D eigenvalue weighted by Crippen LogP contribution is 2.28. The Kier molecular flexibility index (Phi) is 6.10. The standard InChI is InChI=1S/C20H30N4O4S/c21-29(26,27)17-5-6-19(23-11-13-28-14-12-23)18(15-17)20(25)24-9-7-22(8-10-24)16-3-1-2-4-16/h5-6,15-16H,1-4,7-14H2,(H2,21,26,27). The molecular weight excluding hydrogens is 392 g/mol. The van der Waals surface area contributed by atoms with Gasteiger partial charge in [-0.15, -0.1) is 0 Å². The minimum Gasteiger partial charge on any atom is -0.378 e. The highest BCUT2D eigenvalue weighted by atomic mass is 32.2. The number of amides is 1. The number of nitrogens with two attached hydrogens (primary N) is 1. The fraction of sp³-hybridized carbons (Fsp3) is 0.650. The second kappa shape index (κ2) is 8.59. The second-order valence-corrected chi connectivity index (χ2v) is 9.65. The lowest BCUT2D eigenvalue weighted by atomic mass is 10.1. The number of carbonyl (C=O) groups is 1. The molecule has 0 unspecified atom stereocenters. The summed E-state index contributed by atoms with van der Waals surface area (Å²) in [7, 11) is -3.88. The Labute approximate surface area is 172 Å². The summed E-state index contributed by atoms with van der Waals surface area (Å²) in [5.41, 5.74) is 1.16. The lowest BCUT2D eigenvalue weighted by molar-refractivity contribution is 0.0573. The summed E-state index contributed by atoms with van der Waals surface area (Å²) in [6.07, 6.45) is 5.11. The van der Waals surface area contributed by atoms with Crippen LogP contribution < -0.4 is 10.0 Å². The topological polar surface area (TPSA) is 96.2 Å². The molecule has 0 atom stereocenters. The van der Waals surface area contributed by atoms with E-state index in [0.717, 1.165) is 18.8 Å². The molecule has 2 aliphatic heterocycles. The number of rotatable bonds is 4. The lowest BCUT2D eigenvalue weighted by Gasteiger charge is -2.39. The number of benzene rings is 1. The Bertz CT molecular complexity index is 840. The molecule has 1 aliphatic carbocycles. The second-order valence-electron chi connectivity index (χ2n) is 8.09. The molecule has 8 nitrogen and oxygen atoms in total. The zero-order valence-electron chi connectivity index (χ0n) is 16.8. The van der Waals surface area contributed by atoms with Gasteiger partial charge in [0.1, 0.15) is 0 Å². The summed E-state index contributed by atoms with van der Waals surface area (Å²) in [6.45, 7) is 5.59. The van der Waals surface area contributed by atoms with Crippen LogP contribution in [0.5, 0.6) is 0 Å². The van der Waals surface area contributed by atoms with Crippen LogP contribution in [0, 0.1) is 0 Å². The first kappa shape index (κ1) is 20.6. The molecule has 4 rings (SSSR count). The van der Waals surface area contributed by atoms with Crippen molar-refractivity contribution in [2.24, 2.45) is 5.14 Å². The van der Waals surface area contributed by atoms with Gasteiger partial charge >= 0.3 is 0 Å². The van der Waals surface area contributed by atoms with Crippen LogP contribution in [0.2, 0.25) is 0 Å². The Hall–Kier alpha value is -1.68. The van der Waals surface area contributed by atoms with Crippen molar-refractivity contribution in [2.75, 3.05) is 57.4 Å². The van der Waals surface area contributed by atoms with Crippen molar-refractivity contribution in [3.63, 3.8) is 0 Å². The van der Waals surface area contributed by atoms with Crippen LogP contribution in [0.25, 0.3) is 0 Å². The third kappa shape index (κ3) is 4.58. The Morgan fingerprint density at radius 3 is 2.28 bits per heavy atom. The molecule has 0 bridgehead atoms. The van der Waals surface area contributed by atoms with Crippen molar-refractivity contribution >= 4 is 21.6 Å². The van der Waals surface area contributed by atoms with Crippen molar-refractivity contribution in [3.8, 4) is 0 Å². The molecule has 1 aromatic rings. The van der Waals surface area contributed by atoms with Crippen molar-refractivity contribution < 1.29 is 17.9 Å². The molecule has 29 heavy (non-hydrogen) atoms. The number of primary sulfonamides is 1. The molecule has 0 radical (unpaired) electrons. The van der Waals surface area contributed by atoms with Gasteiger partial charge in [-0.2, -0.15) is 0 Å². The van der Waals surface area contributed by atoms with Gasteiger partial charge < -0.3 is 14.5 Å². The molecule has 9 heteroatoms. The SMILES string of the molecule is NS(=O)(=O)c1ccc(N2CCOCC2)c(C(=O)N2CCN(C3CCCC3)CC2)c1. The Morgan fingerprint density at radius 2 is 1.66 bits per heavy atom. The molecule has 2 N–H and O–H groups in total. The fourth-order valence-corrected chi connectivity index (χ4v) is 5.21. The van der Waals surface area contributed by atoms with Crippen molar-refractivity contribution in [1.29, 1.82) is 0 Å². The molecule has 2 heterocycles. The van der Waals surface area contributed by atoms with Crippen molar-refractivity contribution in [2.45, 2.75) is 36.6 Å². The van der Waals surface area contributed by atoms with E-state index in [2.05, 4.69) is 9.80 Å². The summed E-state index contributed by atoms with van der Waals surface area (Å²) >= 11 is 0. The minimum absolute atomic E-state index is 0.0255. The Morgan fingerprint density at radius 1 is 1.00 bits per heavy atom. The number of ether oxygens (including phenoxy) is 1. The molecule has 1 aromatic carbocycles. The van der Waals surface area contributed by atoms with E-state index in [-0.39, 0.29) is 10.8 Å². The highest BCUT2D eigenvalue weighted by molar-refractivity contribution is 7.89. The normalized spacial score (nSPS) is 22.2. The van der Waals surface area contributed by atoms with Gasteiger partial charge in [-0.25, -0.2) is 13.6 Å². The number of anilines is 1. The van der Waals surface area contributed by atoms with Gasteiger partial charge in [0.25, 0.3) is 5.91 Å². The van der Waals surface area contributed by atoms with E-state index in [1.54, 1.807) is 6.07 Å². The molecule has 1 amide bonds. The van der Waals surface area contributed by atoms with Crippen LogP contribution in [-0.2, 0) is 14.8 Å². The number of carbonyl (C=O) groups excluding carboxylic acids is 1. The maximum Gasteiger partial charge on any atom is 0.256 e. The third-order valence-corrected chi connectivity index (χ3v) is 7.23. The van der Waals surface area contributed by atoms with E-state index in [9.17, 15) is 13.2 Å². The zero-order valence-corrected chi connectivity index (χ0v) is 17.6. The summed E-state index contributed by atoms with van der Waals surface area (Å²) in [6, 6.07) is 5.27. The number of hydrogen-bond acceptors (Lipinski definition) is 6. The number of morpholine rings is 1. The number of nitrogens with zero attached hydrogens (tertiary/aromatic N) is 3. The first-order chi connectivity index (χ1) is 13.9. The van der Waals surface area contributed by atoms with Gasteiger partial charge in [-0.3, -0.25) is 9.69 Å². The van der Waals surface area contributed by atoms with Crippen LogP contribution >= 0.6 is 0 Å². The van der Waals surface area contributed by atoms with Crippen LogP contribution in [0.4, 0.5) is 5.69 Å². The molecule has 0 spiro atoms. The first-order valence-electron chi connectivity index (χ1n) is 10.5. The predicted octanol–water partition coefficient (Wildman–Crippen LogP) is 0.871. The monoisotopic (exact) mass is 422 g/mol. The average molecular weight is 423 g/mol. The van der Waals surface area contributed by atoms with Gasteiger partial charge in [0.15, 0.2) is 0 Å². The van der Waals surface area contributed by atoms with Crippen LogP contribution in [0.1, 0.15) is 36.0 Å².